The van der Waals surface area contributed by atoms with E-state index in [2.05, 4.69) is 0 Å². The quantitative estimate of drug-likeness (QED) is 0.449. The number of hydrogen-bond acceptors (Lipinski definition) is 3. The lowest BCUT2D eigenvalue weighted by atomic mass is 9.79. The Morgan fingerprint density at radius 1 is 0.962 bits per heavy atom. The first kappa shape index (κ1) is 16.5. The van der Waals surface area contributed by atoms with Crippen LogP contribution in [0.4, 0.5) is 0 Å². The highest BCUT2D eigenvalue weighted by atomic mass is 16.5. The van der Waals surface area contributed by atoms with Crippen molar-refractivity contribution >= 4 is 24.4 Å². The van der Waals surface area contributed by atoms with Gasteiger partial charge in [0, 0.05) is 5.56 Å². The fourth-order valence-electron chi connectivity index (χ4n) is 3.06. The number of fused-ring (bicyclic) bond motifs is 1. The van der Waals surface area contributed by atoms with Crippen molar-refractivity contribution in [3.63, 3.8) is 0 Å². The zero-order valence-electron chi connectivity index (χ0n) is 14.1. The van der Waals surface area contributed by atoms with Gasteiger partial charge in [0.25, 0.3) is 0 Å². The largest absolute Gasteiger partial charge is 0.491 e. The minimum Gasteiger partial charge on any atom is -0.423 e. The van der Waals surface area contributed by atoms with Crippen molar-refractivity contribution in [1.29, 1.82) is 0 Å². The van der Waals surface area contributed by atoms with E-state index in [0.29, 0.717) is 12.2 Å². The van der Waals surface area contributed by atoms with Crippen LogP contribution < -0.4 is 5.46 Å². The first-order valence-electron chi connectivity index (χ1n) is 8.51. The molecule has 1 heterocycles. The van der Waals surface area contributed by atoms with E-state index >= 15 is 0 Å². The van der Waals surface area contributed by atoms with Gasteiger partial charge in [0.2, 0.25) is 0 Å². The molecule has 0 saturated carbocycles. The summed E-state index contributed by atoms with van der Waals surface area (Å²) in [7, 11) is -0.875. The van der Waals surface area contributed by atoms with Gasteiger partial charge in [-0.15, -0.1) is 0 Å². The molecule has 0 spiro atoms. The highest BCUT2D eigenvalue weighted by Gasteiger charge is 2.26. The van der Waals surface area contributed by atoms with E-state index in [1.54, 1.807) is 12.2 Å². The molecule has 4 heteroatoms. The molecule has 126 valence electrons. The second-order valence-corrected chi connectivity index (χ2v) is 6.26. The maximum absolute atomic E-state index is 12.4. The van der Waals surface area contributed by atoms with Gasteiger partial charge in [0.1, 0.15) is 0 Å². The smallest absolute Gasteiger partial charge is 0.423 e. The maximum Gasteiger partial charge on any atom is 0.491 e. The van der Waals surface area contributed by atoms with E-state index in [1.807, 2.05) is 72.8 Å². The first-order valence-corrected chi connectivity index (χ1v) is 8.51. The molecular formula is C22H17BO3. The van der Waals surface area contributed by atoms with Crippen LogP contribution >= 0.6 is 0 Å². The third-order valence-electron chi connectivity index (χ3n) is 4.54. The lowest BCUT2D eigenvalue weighted by Gasteiger charge is -2.03. The highest BCUT2D eigenvalue weighted by Crippen LogP contribution is 2.20. The topological polar surface area (TPSA) is 46.5 Å². The van der Waals surface area contributed by atoms with Crippen LogP contribution in [0.5, 0.6) is 0 Å². The Kier molecular flexibility index (Phi) is 4.52. The van der Waals surface area contributed by atoms with E-state index in [9.17, 15) is 9.82 Å². The molecule has 0 atom stereocenters. The summed E-state index contributed by atoms with van der Waals surface area (Å²) in [5, 5.41) is 9.77. The van der Waals surface area contributed by atoms with E-state index in [4.69, 9.17) is 4.65 Å². The SMILES string of the molecule is O=C(/C=C/c1ccc2c(c1)B(O)OC2)c1ccc(-c2ccccc2)cc1. The second-order valence-electron chi connectivity index (χ2n) is 6.26. The van der Waals surface area contributed by atoms with Crippen LogP contribution in [0.25, 0.3) is 17.2 Å². The monoisotopic (exact) mass is 340 g/mol. The van der Waals surface area contributed by atoms with Gasteiger partial charge in [-0.1, -0.05) is 78.9 Å². The zero-order chi connectivity index (χ0) is 17.9. The Bertz CT molecular complexity index is 962. The average Bonchev–Trinajstić information content (AvgIpc) is 3.07. The van der Waals surface area contributed by atoms with E-state index in [-0.39, 0.29) is 5.78 Å². The molecule has 1 aliphatic heterocycles. The van der Waals surface area contributed by atoms with Gasteiger partial charge < -0.3 is 9.68 Å². The molecule has 3 aromatic rings. The minimum absolute atomic E-state index is 0.0538. The zero-order valence-corrected chi connectivity index (χ0v) is 14.1. The molecule has 1 N–H and O–H groups in total. The van der Waals surface area contributed by atoms with Crippen molar-refractivity contribution < 1.29 is 14.5 Å². The summed E-state index contributed by atoms with van der Waals surface area (Å²) in [6.07, 6.45) is 3.32. The van der Waals surface area contributed by atoms with Gasteiger partial charge in [0.05, 0.1) is 6.61 Å². The Morgan fingerprint density at radius 2 is 1.69 bits per heavy atom. The molecule has 0 fully saturated rings. The molecular weight excluding hydrogens is 323 g/mol. The summed E-state index contributed by atoms with van der Waals surface area (Å²) in [5.74, 6) is -0.0538. The number of carbonyl (C=O) groups is 1. The molecule has 0 saturated heterocycles. The van der Waals surface area contributed by atoms with Crippen LogP contribution in [-0.4, -0.2) is 17.9 Å². The number of ketones is 1. The summed E-state index contributed by atoms with van der Waals surface area (Å²) in [4.78, 5) is 12.4. The Morgan fingerprint density at radius 3 is 2.46 bits per heavy atom. The molecule has 3 nitrogen and oxygen atoms in total. The lowest BCUT2D eigenvalue weighted by molar-refractivity contribution is 0.104. The molecule has 0 amide bonds. The summed E-state index contributed by atoms with van der Waals surface area (Å²) in [5.41, 5.74) is 5.47. The predicted molar refractivity (Wildman–Crippen MR) is 104 cm³/mol. The van der Waals surface area contributed by atoms with Gasteiger partial charge in [-0.2, -0.15) is 0 Å². The fraction of sp³-hybridized carbons (Fsp3) is 0.0455. The number of carbonyl (C=O) groups excluding carboxylic acids is 1. The summed E-state index contributed by atoms with van der Waals surface area (Å²) in [6, 6.07) is 23.4. The molecule has 4 rings (SSSR count). The van der Waals surface area contributed by atoms with Crippen molar-refractivity contribution in [2.75, 3.05) is 0 Å². The molecule has 1 aliphatic rings. The number of allylic oxidation sites excluding steroid dienone is 1. The number of rotatable bonds is 4. The summed E-state index contributed by atoms with van der Waals surface area (Å²) < 4.78 is 5.19. The van der Waals surface area contributed by atoms with E-state index in [0.717, 1.165) is 27.7 Å². The highest BCUT2D eigenvalue weighted by molar-refractivity contribution is 6.61. The van der Waals surface area contributed by atoms with Gasteiger partial charge in [-0.3, -0.25) is 4.79 Å². The van der Waals surface area contributed by atoms with Crippen molar-refractivity contribution in [2.45, 2.75) is 6.61 Å². The number of hydrogen-bond donors (Lipinski definition) is 1. The average molecular weight is 340 g/mol. The number of benzene rings is 3. The van der Waals surface area contributed by atoms with Crippen molar-refractivity contribution in [1.82, 2.24) is 0 Å². The Hall–Kier alpha value is -2.95. The van der Waals surface area contributed by atoms with Gasteiger partial charge in [0.15, 0.2) is 5.78 Å². The Balaban J connectivity index is 1.50. The Labute approximate surface area is 152 Å². The molecule has 0 radical (unpaired) electrons. The van der Waals surface area contributed by atoms with Gasteiger partial charge in [-0.05, 0) is 33.8 Å². The van der Waals surface area contributed by atoms with Crippen LogP contribution in [0.1, 0.15) is 21.5 Å². The summed E-state index contributed by atoms with van der Waals surface area (Å²) >= 11 is 0. The molecule has 0 unspecified atom stereocenters. The van der Waals surface area contributed by atoms with Crippen LogP contribution in [0, 0.1) is 0 Å². The standard InChI is InChI=1S/C22H17BO3/c24-22(13-7-16-6-8-20-15-26-23(25)21(20)14-16)19-11-9-18(10-12-19)17-4-2-1-3-5-17/h1-14,25H,15H2/b13-7+. The lowest BCUT2D eigenvalue weighted by Crippen LogP contribution is -2.28. The van der Waals surface area contributed by atoms with Crippen LogP contribution in [-0.2, 0) is 11.3 Å². The van der Waals surface area contributed by atoms with Crippen molar-refractivity contribution in [3.8, 4) is 11.1 Å². The summed E-state index contributed by atoms with van der Waals surface area (Å²) in [6.45, 7) is 0.424. The van der Waals surface area contributed by atoms with Gasteiger partial charge >= 0.3 is 7.12 Å². The van der Waals surface area contributed by atoms with Crippen LogP contribution in [0.2, 0.25) is 0 Å². The predicted octanol–water partition coefficient (Wildman–Crippen LogP) is 3.47. The minimum atomic E-state index is -0.875. The normalized spacial score (nSPS) is 13.2. The molecule has 26 heavy (non-hydrogen) atoms. The third-order valence-corrected chi connectivity index (χ3v) is 4.54. The van der Waals surface area contributed by atoms with Crippen LogP contribution in [0.15, 0.2) is 78.9 Å². The maximum atomic E-state index is 12.4. The van der Waals surface area contributed by atoms with Crippen LogP contribution in [0.3, 0.4) is 0 Å². The molecule has 0 bridgehead atoms. The second kappa shape index (κ2) is 7.12. The van der Waals surface area contributed by atoms with E-state index in [1.165, 1.54) is 0 Å². The molecule has 3 aromatic carbocycles. The molecule has 0 aliphatic carbocycles. The van der Waals surface area contributed by atoms with Crippen molar-refractivity contribution in [3.05, 3.63) is 95.6 Å². The van der Waals surface area contributed by atoms with E-state index < -0.39 is 7.12 Å². The fourth-order valence-corrected chi connectivity index (χ4v) is 3.06. The molecule has 0 aromatic heterocycles. The van der Waals surface area contributed by atoms with Gasteiger partial charge in [-0.25, -0.2) is 0 Å². The first-order chi connectivity index (χ1) is 12.7. The van der Waals surface area contributed by atoms with Crippen molar-refractivity contribution in [2.24, 2.45) is 0 Å². The third kappa shape index (κ3) is 3.38.